The fraction of sp³-hybridized carbons (Fsp3) is 0.462. The number of phenols is 1. The summed E-state index contributed by atoms with van der Waals surface area (Å²) >= 11 is 0. The highest BCUT2D eigenvalue weighted by molar-refractivity contribution is 5.96. The smallest absolute Gasteiger partial charge is 0.257 e. The molecule has 0 bridgehead atoms. The highest BCUT2D eigenvalue weighted by Gasteiger charge is 2.31. The van der Waals surface area contributed by atoms with E-state index in [-0.39, 0.29) is 29.4 Å². The number of nitrogens with zero attached hydrogens (tertiary/aromatic N) is 1. The van der Waals surface area contributed by atoms with E-state index in [9.17, 15) is 14.3 Å². The maximum atomic E-state index is 12.9. The van der Waals surface area contributed by atoms with Crippen molar-refractivity contribution in [1.82, 2.24) is 4.90 Å². The number of aromatic hydroxyl groups is 1. The van der Waals surface area contributed by atoms with Crippen LogP contribution in [0.15, 0.2) is 18.2 Å². The van der Waals surface area contributed by atoms with Gasteiger partial charge < -0.3 is 14.7 Å². The molecule has 0 aliphatic carbocycles. The van der Waals surface area contributed by atoms with Crippen molar-refractivity contribution in [3.8, 4) is 5.75 Å². The summed E-state index contributed by atoms with van der Waals surface area (Å²) in [6.07, 6.45) is 0.743. The Morgan fingerprint density at radius 2 is 2.28 bits per heavy atom. The number of hydrogen-bond donors (Lipinski definition) is 1. The molecule has 2 rings (SSSR count). The van der Waals surface area contributed by atoms with E-state index < -0.39 is 5.82 Å². The second-order valence-corrected chi connectivity index (χ2v) is 4.51. The zero-order chi connectivity index (χ0) is 13.3. The summed E-state index contributed by atoms with van der Waals surface area (Å²) < 4.78 is 18.3. The van der Waals surface area contributed by atoms with Gasteiger partial charge in [0, 0.05) is 19.7 Å². The molecule has 1 saturated heterocycles. The predicted molar refractivity (Wildman–Crippen MR) is 64.0 cm³/mol. The van der Waals surface area contributed by atoms with Gasteiger partial charge in [0.1, 0.15) is 11.6 Å². The SMILES string of the molecule is CC1OCCC1N(C)C(=O)c1ccc(F)cc1O. The molecule has 4 nitrogen and oxygen atoms in total. The highest BCUT2D eigenvalue weighted by atomic mass is 19.1. The summed E-state index contributed by atoms with van der Waals surface area (Å²) in [7, 11) is 1.67. The van der Waals surface area contributed by atoms with Gasteiger partial charge in [-0.2, -0.15) is 0 Å². The number of phenolic OH excluding ortho intramolecular Hbond substituents is 1. The van der Waals surface area contributed by atoms with Gasteiger partial charge in [-0.05, 0) is 25.5 Å². The van der Waals surface area contributed by atoms with Crippen molar-refractivity contribution >= 4 is 5.91 Å². The minimum Gasteiger partial charge on any atom is -0.507 e. The van der Waals surface area contributed by atoms with E-state index >= 15 is 0 Å². The Morgan fingerprint density at radius 1 is 1.56 bits per heavy atom. The lowest BCUT2D eigenvalue weighted by molar-refractivity contribution is 0.0572. The van der Waals surface area contributed by atoms with Crippen LogP contribution in [-0.4, -0.2) is 41.7 Å². The molecule has 1 aromatic rings. The van der Waals surface area contributed by atoms with Gasteiger partial charge in [0.05, 0.1) is 17.7 Å². The van der Waals surface area contributed by atoms with Crippen molar-refractivity contribution in [2.75, 3.05) is 13.7 Å². The normalized spacial score (nSPS) is 23.1. The van der Waals surface area contributed by atoms with Crippen LogP contribution in [0.5, 0.6) is 5.75 Å². The van der Waals surface area contributed by atoms with Crippen LogP contribution in [0.2, 0.25) is 0 Å². The molecule has 1 aromatic carbocycles. The molecule has 1 N–H and O–H groups in total. The summed E-state index contributed by atoms with van der Waals surface area (Å²) in [5.74, 6) is -1.22. The van der Waals surface area contributed by atoms with Gasteiger partial charge in [0.25, 0.3) is 5.91 Å². The monoisotopic (exact) mass is 253 g/mol. The van der Waals surface area contributed by atoms with Crippen molar-refractivity contribution in [2.45, 2.75) is 25.5 Å². The van der Waals surface area contributed by atoms with Crippen LogP contribution in [-0.2, 0) is 4.74 Å². The Hall–Kier alpha value is -1.62. The molecular formula is C13H16FNO3. The number of hydrogen-bond acceptors (Lipinski definition) is 3. The molecule has 2 atom stereocenters. The van der Waals surface area contributed by atoms with E-state index in [2.05, 4.69) is 0 Å². The first kappa shape index (κ1) is 12.8. The number of benzene rings is 1. The van der Waals surface area contributed by atoms with Crippen LogP contribution in [0, 0.1) is 5.82 Å². The van der Waals surface area contributed by atoms with Gasteiger partial charge in [0.15, 0.2) is 0 Å². The first-order chi connectivity index (χ1) is 8.50. The molecule has 0 aromatic heterocycles. The van der Waals surface area contributed by atoms with Crippen LogP contribution in [0.4, 0.5) is 4.39 Å². The van der Waals surface area contributed by atoms with Crippen molar-refractivity contribution < 1.29 is 19.0 Å². The molecule has 98 valence electrons. The summed E-state index contributed by atoms with van der Waals surface area (Å²) in [6.45, 7) is 2.53. The summed E-state index contributed by atoms with van der Waals surface area (Å²) in [5.41, 5.74) is 0.109. The zero-order valence-corrected chi connectivity index (χ0v) is 10.4. The first-order valence-electron chi connectivity index (χ1n) is 5.88. The minimum atomic E-state index is -0.565. The number of ether oxygens (including phenoxy) is 1. The third-order valence-corrected chi connectivity index (χ3v) is 3.34. The summed E-state index contributed by atoms with van der Waals surface area (Å²) in [4.78, 5) is 13.7. The van der Waals surface area contributed by atoms with Crippen molar-refractivity contribution in [1.29, 1.82) is 0 Å². The average molecular weight is 253 g/mol. The van der Waals surface area contributed by atoms with Crippen molar-refractivity contribution in [3.63, 3.8) is 0 Å². The van der Waals surface area contributed by atoms with E-state index in [1.54, 1.807) is 11.9 Å². The van der Waals surface area contributed by atoms with Crippen LogP contribution in [0.1, 0.15) is 23.7 Å². The Kier molecular flexibility index (Phi) is 3.52. The number of carbonyl (C=O) groups is 1. The third kappa shape index (κ3) is 2.31. The number of amides is 1. The van der Waals surface area contributed by atoms with Gasteiger partial charge in [-0.25, -0.2) is 4.39 Å². The Morgan fingerprint density at radius 3 is 2.83 bits per heavy atom. The largest absolute Gasteiger partial charge is 0.507 e. The molecule has 1 amide bonds. The van der Waals surface area contributed by atoms with E-state index in [0.29, 0.717) is 6.61 Å². The van der Waals surface area contributed by atoms with E-state index in [4.69, 9.17) is 4.74 Å². The van der Waals surface area contributed by atoms with Crippen molar-refractivity contribution in [3.05, 3.63) is 29.6 Å². The van der Waals surface area contributed by atoms with Crippen LogP contribution >= 0.6 is 0 Å². The topological polar surface area (TPSA) is 49.8 Å². The predicted octanol–water partition coefficient (Wildman–Crippen LogP) is 1.78. The Bertz CT molecular complexity index is 464. The lowest BCUT2D eigenvalue weighted by Gasteiger charge is -2.27. The van der Waals surface area contributed by atoms with E-state index in [1.807, 2.05) is 6.92 Å². The van der Waals surface area contributed by atoms with Crippen LogP contribution in [0.25, 0.3) is 0 Å². The molecule has 0 radical (unpaired) electrons. The maximum Gasteiger partial charge on any atom is 0.257 e. The molecule has 1 aliphatic rings. The lowest BCUT2D eigenvalue weighted by atomic mass is 10.1. The van der Waals surface area contributed by atoms with Gasteiger partial charge in [0.2, 0.25) is 0 Å². The van der Waals surface area contributed by atoms with Gasteiger partial charge >= 0.3 is 0 Å². The molecule has 1 fully saturated rings. The summed E-state index contributed by atoms with van der Waals surface area (Å²) in [6, 6.07) is 3.39. The standard InChI is InChI=1S/C13H16FNO3/c1-8-11(5-6-18-8)15(2)13(17)10-4-3-9(14)7-12(10)16/h3-4,7-8,11,16H,5-6H2,1-2H3. The molecule has 0 spiro atoms. The average Bonchev–Trinajstić information content (AvgIpc) is 2.74. The Balaban J connectivity index is 2.20. The highest BCUT2D eigenvalue weighted by Crippen LogP contribution is 2.24. The number of halogens is 1. The number of likely N-dealkylation sites (N-methyl/N-ethyl adjacent to an activating group) is 1. The molecule has 1 aliphatic heterocycles. The maximum absolute atomic E-state index is 12.9. The molecule has 0 saturated carbocycles. The zero-order valence-electron chi connectivity index (χ0n) is 10.4. The van der Waals surface area contributed by atoms with Crippen molar-refractivity contribution in [2.24, 2.45) is 0 Å². The lowest BCUT2D eigenvalue weighted by Crippen LogP contribution is -2.41. The molecule has 18 heavy (non-hydrogen) atoms. The van der Waals surface area contributed by atoms with E-state index in [0.717, 1.165) is 18.6 Å². The van der Waals surface area contributed by atoms with E-state index in [1.165, 1.54) is 6.07 Å². The van der Waals surface area contributed by atoms with Gasteiger partial charge in [-0.1, -0.05) is 0 Å². The Labute approximate surface area is 105 Å². The fourth-order valence-corrected chi connectivity index (χ4v) is 2.26. The molecule has 5 heteroatoms. The molecule has 2 unspecified atom stereocenters. The van der Waals surface area contributed by atoms with Gasteiger partial charge in [-0.15, -0.1) is 0 Å². The second kappa shape index (κ2) is 4.94. The second-order valence-electron chi connectivity index (χ2n) is 4.51. The quantitative estimate of drug-likeness (QED) is 0.874. The third-order valence-electron chi connectivity index (χ3n) is 3.34. The summed E-state index contributed by atoms with van der Waals surface area (Å²) in [5, 5.41) is 9.60. The molecular weight excluding hydrogens is 237 g/mol. The number of rotatable bonds is 2. The first-order valence-corrected chi connectivity index (χ1v) is 5.88. The number of carbonyl (C=O) groups excluding carboxylic acids is 1. The van der Waals surface area contributed by atoms with Crippen LogP contribution in [0.3, 0.4) is 0 Å². The minimum absolute atomic E-state index is 0.0121. The molecule has 1 heterocycles. The fourth-order valence-electron chi connectivity index (χ4n) is 2.26. The van der Waals surface area contributed by atoms with Crippen LogP contribution < -0.4 is 0 Å². The van der Waals surface area contributed by atoms with Gasteiger partial charge in [-0.3, -0.25) is 4.79 Å².